The van der Waals surface area contributed by atoms with Gasteiger partial charge in [0.2, 0.25) is 0 Å². The first-order valence-electron chi connectivity index (χ1n) is 7.01. The van der Waals surface area contributed by atoms with Crippen LogP contribution in [0.2, 0.25) is 0 Å². The molecule has 24 heavy (non-hydrogen) atoms. The number of hydrogen-bond donors (Lipinski definition) is 3. The first-order valence-corrected chi connectivity index (χ1v) is 7.01. The second-order valence-corrected chi connectivity index (χ2v) is 5.18. The molecule has 0 saturated carbocycles. The van der Waals surface area contributed by atoms with Gasteiger partial charge in [0.05, 0.1) is 17.7 Å². The molecule has 2 unspecified atom stereocenters. The zero-order chi connectivity index (χ0) is 17.7. The lowest BCUT2D eigenvalue weighted by molar-refractivity contribution is -0.137. The van der Waals surface area contributed by atoms with Crippen molar-refractivity contribution in [1.82, 2.24) is 10.3 Å². The van der Waals surface area contributed by atoms with E-state index in [0.717, 1.165) is 12.1 Å². The zero-order valence-corrected chi connectivity index (χ0v) is 12.4. The Kier molecular flexibility index (Phi) is 5.40. The van der Waals surface area contributed by atoms with E-state index >= 15 is 0 Å². The Labute approximate surface area is 135 Å². The molecular formula is C16H15F3N2O3. The molecule has 0 aliphatic rings. The molecule has 0 aliphatic carbocycles. The van der Waals surface area contributed by atoms with E-state index in [1.54, 1.807) is 0 Å². The van der Waals surface area contributed by atoms with Crippen LogP contribution in [0, 0.1) is 0 Å². The van der Waals surface area contributed by atoms with E-state index in [2.05, 4.69) is 10.3 Å². The highest BCUT2D eigenvalue weighted by Gasteiger charge is 2.30. The predicted molar refractivity (Wildman–Crippen MR) is 79.3 cm³/mol. The number of carbonyl (C=O) groups is 1. The van der Waals surface area contributed by atoms with Crippen molar-refractivity contribution in [2.75, 3.05) is 0 Å². The summed E-state index contributed by atoms with van der Waals surface area (Å²) in [6.07, 6.45) is -3.99. The second-order valence-electron chi connectivity index (χ2n) is 5.18. The molecule has 2 rings (SSSR count). The minimum atomic E-state index is -4.44. The van der Waals surface area contributed by atoms with Crippen LogP contribution >= 0.6 is 0 Å². The van der Waals surface area contributed by atoms with Gasteiger partial charge in [0, 0.05) is 12.4 Å². The molecule has 1 aromatic carbocycles. The molecule has 0 aliphatic heterocycles. The minimum absolute atomic E-state index is 0.0356. The van der Waals surface area contributed by atoms with Crippen LogP contribution in [0.4, 0.5) is 18.0 Å². The van der Waals surface area contributed by atoms with Crippen molar-refractivity contribution in [3.05, 3.63) is 65.5 Å². The van der Waals surface area contributed by atoms with E-state index in [-0.39, 0.29) is 6.42 Å². The number of aliphatic hydroxyl groups excluding tert-OH is 1. The normalized spacial score (nSPS) is 14.0. The van der Waals surface area contributed by atoms with Gasteiger partial charge in [-0.1, -0.05) is 12.1 Å². The Morgan fingerprint density at radius 1 is 1.12 bits per heavy atom. The first-order chi connectivity index (χ1) is 11.3. The molecule has 128 valence electrons. The van der Waals surface area contributed by atoms with Gasteiger partial charge in [0.1, 0.15) is 0 Å². The van der Waals surface area contributed by atoms with Crippen LogP contribution in [-0.4, -0.2) is 27.3 Å². The molecule has 0 radical (unpaired) electrons. The molecule has 0 fully saturated rings. The fraction of sp³-hybridized carbons (Fsp3) is 0.250. The number of halogens is 3. The molecule has 3 N–H and O–H groups in total. The van der Waals surface area contributed by atoms with Crippen LogP contribution in [0.3, 0.4) is 0 Å². The molecule has 5 nitrogen and oxygen atoms in total. The van der Waals surface area contributed by atoms with Gasteiger partial charge in [0.25, 0.3) is 0 Å². The highest BCUT2D eigenvalue weighted by molar-refractivity contribution is 5.65. The molecular weight excluding hydrogens is 325 g/mol. The standard InChI is InChI=1S/C16H15F3N2O3/c17-16(18,19)12-3-1-10(2-4-12)9-13(21-15(23)24)14(22)11-5-7-20-8-6-11/h1-8,13-14,21-22H,9H2,(H,23,24). The van der Waals surface area contributed by atoms with Crippen LogP contribution < -0.4 is 5.32 Å². The predicted octanol–water partition coefficient (Wildman–Crippen LogP) is 3.01. The molecule has 2 atom stereocenters. The van der Waals surface area contributed by atoms with Gasteiger partial charge in [-0.2, -0.15) is 13.2 Å². The molecule has 1 amide bonds. The van der Waals surface area contributed by atoms with Gasteiger partial charge >= 0.3 is 12.3 Å². The van der Waals surface area contributed by atoms with Crippen molar-refractivity contribution >= 4 is 6.09 Å². The van der Waals surface area contributed by atoms with Gasteiger partial charge in [-0.05, 0) is 41.8 Å². The Bertz CT molecular complexity index is 675. The molecule has 1 aromatic heterocycles. The quantitative estimate of drug-likeness (QED) is 0.781. The lowest BCUT2D eigenvalue weighted by atomic mass is 9.96. The number of rotatable bonds is 5. The number of pyridine rings is 1. The molecule has 8 heteroatoms. The number of alkyl halides is 3. The van der Waals surface area contributed by atoms with Gasteiger partial charge in [-0.3, -0.25) is 4.98 Å². The van der Waals surface area contributed by atoms with Crippen LogP contribution in [0.15, 0.2) is 48.8 Å². The summed E-state index contributed by atoms with van der Waals surface area (Å²) in [4.78, 5) is 14.7. The van der Waals surface area contributed by atoms with Crippen molar-refractivity contribution in [2.24, 2.45) is 0 Å². The lowest BCUT2D eigenvalue weighted by Crippen LogP contribution is -2.40. The topological polar surface area (TPSA) is 82.5 Å². The maximum atomic E-state index is 12.6. The summed E-state index contributed by atoms with van der Waals surface area (Å²) in [6.45, 7) is 0. The van der Waals surface area contributed by atoms with E-state index in [0.29, 0.717) is 11.1 Å². The number of nitrogens with one attached hydrogen (secondary N) is 1. The van der Waals surface area contributed by atoms with E-state index in [4.69, 9.17) is 5.11 Å². The molecule has 2 aromatic rings. The third-order valence-corrected chi connectivity index (χ3v) is 3.47. The van der Waals surface area contributed by atoms with Gasteiger partial charge in [-0.15, -0.1) is 0 Å². The molecule has 0 saturated heterocycles. The van der Waals surface area contributed by atoms with E-state index in [1.165, 1.54) is 36.7 Å². The van der Waals surface area contributed by atoms with E-state index in [9.17, 15) is 23.1 Å². The molecule has 1 heterocycles. The van der Waals surface area contributed by atoms with Crippen molar-refractivity contribution in [3.63, 3.8) is 0 Å². The number of aromatic nitrogens is 1. The summed E-state index contributed by atoms with van der Waals surface area (Å²) in [5.74, 6) is 0. The molecule has 0 bridgehead atoms. The third-order valence-electron chi connectivity index (χ3n) is 3.47. The Morgan fingerprint density at radius 3 is 2.21 bits per heavy atom. The fourth-order valence-electron chi connectivity index (χ4n) is 2.28. The first kappa shape index (κ1) is 17.7. The summed E-state index contributed by atoms with van der Waals surface area (Å²) in [7, 11) is 0. The van der Waals surface area contributed by atoms with Crippen LogP contribution in [0.1, 0.15) is 22.8 Å². The number of amides is 1. The van der Waals surface area contributed by atoms with Crippen molar-refractivity contribution < 1.29 is 28.2 Å². The van der Waals surface area contributed by atoms with Crippen molar-refractivity contribution in [2.45, 2.75) is 24.7 Å². The van der Waals surface area contributed by atoms with Crippen LogP contribution in [-0.2, 0) is 12.6 Å². The largest absolute Gasteiger partial charge is 0.465 e. The van der Waals surface area contributed by atoms with Gasteiger partial charge in [-0.25, -0.2) is 4.79 Å². The van der Waals surface area contributed by atoms with Gasteiger partial charge in [0.15, 0.2) is 0 Å². The summed E-state index contributed by atoms with van der Waals surface area (Å²) < 4.78 is 37.7. The SMILES string of the molecule is O=C(O)NC(Cc1ccc(C(F)(F)F)cc1)C(O)c1ccncc1. The highest BCUT2D eigenvalue weighted by atomic mass is 19.4. The number of aliphatic hydroxyl groups is 1. The number of hydrogen-bond acceptors (Lipinski definition) is 3. The monoisotopic (exact) mass is 340 g/mol. The number of carboxylic acid groups (broad SMARTS) is 1. The zero-order valence-electron chi connectivity index (χ0n) is 12.4. The van der Waals surface area contributed by atoms with E-state index < -0.39 is 30.0 Å². The Balaban J connectivity index is 2.18. The Hall–Kier alpha value is -2.61. The number of benzene rings is 1. The molecule has 0 spiro atoms. The van der Waals surface area contributed by atoms with E-state index in [1.807, 2.05) is 0 Å². The van der Waals surface area contributed by atoms with Gasteiger partial charge < -0.3 is 15.5 Å². The highest BCUT2D eigenvalue weighted by Crippen LogP contribution is 2.29. The maximum Gasteiger partial charge on any atom is 0.416 e. The third kappa shape index (κ3) is 4.69. The average molecular weight is 340 g/mol. The van der Waals surface area contributed by atoms with Crippen molar-refractivity contribution in [1.29, 1.82) is 0 Å². The average Bonchev–Trinajstić information content (AvgIpc) is 2.53. The summed E-state index contributed by atoms with van der Waals surface area (Å²) in [6, 6.07) is 6.53. The second kappa shape index (κ2) is 7.31. The maximum absolute atomic E-state index is 12.6. The fourth-order valence-corrected chi connectivity index (χ4v) is 2.28. The van der Waals surface area contributed by atoms with Crippen LogP contribution in [0.25, 0.3) is 0 Å². The number of nitrogens with zero attached hydrogens (tertiary/aromatic N) is 1. The summed E-state index contributed by atoms with van der Waals surface area (Å²) in [5, 5.41) is 21.5. The summed E-state index contributed by atoms with van der Waals surface area (Å²) in [5.41, 5.74) is 0.134. The minimum Gasteiger partial charge on any atom is -0.465 e. The smallest absolute Gasteiger partial charge is 0.416 e. The van der Waals surface area contributed by atoms with Crippen LogP contribution in [0.5, 0.6) is 0 Å². The summed E-state index contributed by atoms with van der Waals surface area (Å²) >= 11 is 0. The lowest BCUT2D eigenvalue weighted by Gasteiger charge is -2.23. The van der Waals surface area contributed by atoms with Crippen molar-refractivity contribution in [3.8, 4) is 0 Å². The Morgan fingerprint density at radius 2 is 1.71 bits per heavy atom.